The number of nitrogens with zero attached hydrogens (tertiary/aromatic N) is 2. The van der Waals surface area contributed by atoms with Gasteiger partial charge in [-0.05, 0) is 31.0 Å². The summed E-state index contributed by atoms with van der Waals surface area (Å²) in [7, 11) is -3.67. The van der Waals surface area contributed by atoms with Gasteiger partial charge in [0.25, 0.3) is 10.1 Å². The second-order valence-corrected chi connectivity index (χ2v) is 7.48. The Kier molecular flexibility index (Phi) is 4.68. The van der Waals surface area contributed by atoms with Crippen molar-refractivity contribution in [1.82, 2.24) is 15.2 Å². The van der Waals surface area contributed by atoms with E-state index in [9.17, 15) is 8.42 Å². The Balaban J connectivity index is 0.000000300. The molecule has 7 nitrogen and oxygen atoms in total. The third-order valence-corrected chi connectivity index (χ3v) is 4.03. The van der Waals surface area contributed by atoms with E-state index in [1.807, 2.05) is 12.4 Å². The molecule has 3 aromatic rings. The SMILES string of the molecule is CS(=O)(=O)O.c1cc(NC2CCCC2)c2c(ccc3cn[nH]c32)n1. The molecule has 2 aromatic heterocycles. The van der Waals surface area contributed by atoms with Crippen LogP contribution in [-0.2, 0) is 10.1 Å². The van der Waals surface area contributed by atoms with E-state index in [-0.39, 0.29) is 0 Å². The summed E-state index contributed by atoms with van der Waals surface area (Å²) in [5.74, 6) is 0. The van der Waals surface area contributed by atoms with Crippen LogP contribution in [-0.4, -0.2) is 40.4 Å². The maximum absolute atomic E-state index is 9.19. The van der Waals surface area contributed by atoms with Gasteiger partial charge < -0.3 is 5.32 Å². The number of hydrogen-bond donors (Lipinski definition) is 3. The van der Waals surface area contributed by atoms with Crippen molar-refractivity contribution < 1.29 is 13.0 Å². The molecule has 1 fully saturated rings. The number of H-pyrrole nitrogens is 1. The number of aromatic nitrogens is 3. The van der Waals surface area contributed by atoms with E-state index in [1.54, 1.807) is 0 Å². The topological polar surface area (TPSA) is 108 Å². The number of rotatable bonds is 2. The van der Waals surface area contributed by atoms with Gasteiger partial charge in [0.2, 0.25) is 0 Å². The van der Waals surface area contributed by atoms with Gasteiger partial charge in [0, 0.05) is 28.7 Å². The van der Waals surface area contributed by atoms with Crippen LogP contribution in [0.15, 0.2) is 30.6 Å². The molecule has 0 radical (unpaired) electrons. The van der Waals surface area contributed by atoms with Crippen LogP contribution in [0.2, 0.25) is 0 Å². The molecule has 0 unspecified atom stereocenters. The molecular formula is C16H20N4O3S. The normalized spacial score (nSPS) is 15.4. The lowest BCUT2D eigenvalue weighted by molar-refractivity contribution is 0.490. The lowest BCUT2D eigenvalue weighted by Gasteiger charge is -2.15. The van der Waals surface area contributed by atoms with Gasteiger partial charge in [-0.15, -0.1) is 0 Å². The molecule has 128 valence electrons. The molecule has 2 heterocycles. The molecule has 3 N–H and O–H groups in total. The van der Waals surface area contributed by atoms with Crippen LogP contribution >= 0.6 is 0 Å². The fourth-order valence-corrected chi connectivity index (χ4v) is 3.07. The van der Waals surface area contributed by atoms with E-state index in [2.05, 4.69) is 38.7 Å². The molecule has 24 heavy (non-hydrogen) atoms. The summed E-state index contributed by atoms with van der Waals surface area (Å²) in [5.41, 5.74) is 3.26. The van der Waals surface area contributed by atoms with Crippen LogP contribution in [0.5, 0.6) is 0 Å². The van der Waals surface area contributed by atoms with Crippen molar-refractivity contribution in [2.45, 2.75) is 31.7 Å². The lowest BCUT2D eigenvalue weighted by atomic mass is 10.1. The van der Waals surface area contributed by atoms with Crippen molar-refractivity contribution >= 4 is 37.6 Å². The zero-order valence-corrected chi connectivity index (χ0v) is 14.2. The minimum atomic E-state index is -3.67. The van der Waals surface area contributed by atoms with E-state index in [0.29, 0.717) is 12.3 Å². The number of hydrogen-bond acceptors (Lipinski definition) is 5. The first kappa shape index (κ1) is 16.7. The highest BCUT2D eigenvalue weighted by molar-refractivity contribution is 7.85. The maximum atomic E-state index is 9.19. The first-order valence-electron chi connectivity index (χ1n) is 7.81. The van der Waals surface area contributed by atoms with E-state index in [4.69, 9.17) is 4.55 Å². The van der Waals surface area contributed by atoms with Crippen molar-refractivity contribution in [3.05, 3.63) is 30.6 Å². The molecule has 0 spiro atoms. The van der Waals surface area contributed by atoms with Gasteiger partial charge in [-0.25, -0.2) is 0 Å². The van der Waals surface area contributed by atoms with E-state index in [0.717, 1.165) is 21.8 Å². The summed E-state index contributed by atoms with van der Waals surface area (Å²) in [6, 6.07) is 6.80. The molecule has 8 heteroatoms. The van der Waals surface area contributed by atoms with Crippen molar-refractivity contribution in [3.63, 3.8) is 0 Å². The first-order valence-corrected chi connectivity index (χ1v) is 9.66. The zero-order chi connectivity index (χ0) is 17.2. The summed E-state index contributed by atoms with van der Waals surface area (Å²) in [6.45, 7) is 0. The summed E-state index contributed by atoms with van der Waals surface area (Å²) < 4.78 is 25.9. The van der Waals surface area contributed by atoms with Crippen LogP contribution in [0.4, 0.5) is 5.69 Å². The van der Waals surface area contributed by atoms with Crippen LogP contribution in [0.25, 0.3) is 21.8 Å². The van der Waals surface area contributed by atoms with E-state index >= 15 is 0 Å². The third-order valence-electron chi connectivity index (χ3n) is 4.03. The second kappa shape index (κ2) is 6.74. The van der Waals surface area contributed by atoms with Crippen molar-refractivity contribution in [1.29, 1.82) is 0 Å². The fraction of sp³-hybridized carbons (Fsp3) is 0.375. The van der Waals surface area contributed by atoms with Crippen LogP contribution in [0.1, 0.15) is 25.7 Å². The summed E-state index contributed by atoms with van der Waals surface area (Å²) >= 11 is 0. The number of nitrogens with one attached hydrogen (secondary N) is 2. The third kappa shape index (κ3) is 4.01. The average molecular weight is 348 g/mol. The fourth-order valence-electron chi connectivity index (χ4n) is 3.07. The van der Waals surface area contributed by atoms with E-state index < -0.39 is 10.1 Å². The molecule has 0 atom stereocenters. The predicted octanol–water partition coefficient (Wildman–Crippen LogP) is 2.97. The lowest BCUT2D eigenvalue weighted by Crippen LogP contribution is -2.14. The Hall–Kier alpha value is -2.19. The molecule has 1 aliphatic rings. The molecule has 1 aliphatic carbocycles. The van der Waals surface area contributed by atoms with Gasteiger partial charge in [-0.2, -0.15) is 13.5 Å². The molecule has 0 bridgehead atoms. The highest BCUT2D eigenvalue weighted by Gasteiger charge is 2.16. The van der Waals surface area contributed by atoms with Crippen molar-refractivity contribution in [2.24, 2.45) is 0 Å². The molecule has 0 amide bonds. The highest BCUT2D eigenvalue weighted by atomic mass is 32.2. The second-order valence-electron chi connectivity index (χ2n) is 6.01. The molecule has 0 aliphatic heterocycles. The largest absolute Gasteiger partial charge is 0.382 e. The monoisotopic (exact) mass is 348 g/mol. The van der Waals surface area contributed by atoms with Crippen LogP contribution in [0, 0.1) is 0 Å². The van der Waals surface area contributed by atoms with Gasteiger partial charge in [0.15, 0.2) is 0 Å². The van der Waals surface area contributed by atoms with Gasteiger partial charge in [0.05, 0.1) is 23.5 Å². The molecule has 1 saturated carbocycles. The molecule has 1 aromatic carbocycles. The van der Waals surface area contributed by atoms with Crippen molar-refractivity contribution in [2.75, 3.05) is 11.6 Å². The van der Waals surface area contributed by atoms with Gasteiger partial charge in [-0.1, -0.05) is 12.8 Å². The number of pyridine rings is 1. The first-order chi connectivity index (χ1) is 11.4. The number of aromatic amines is 1. The van der Waals surface area contributed by atoms with Gasteiger partial charge in [0.1, 0.15) is 0 Å². The quantitative estimate of drug-likeness (QED) is 0.615. The summed E-state index contributed by atoms with van der Waals surface area (Å²) in [4.78, 5) is 4.46. The van der Waals surface area contributed by atoms with Gasteiger partial charge in [-0.3, -0.25) is 14.6 Å². The maximum Gasteiger partial charge on any atom is 0.261 e. The van der Waals surface area contributed by atoms with E-state index in [1.165, 1.54) is 31.4 Å². The van der Waals surface area contributed by atoms with Crippen molar-refractivity contribution in [3.8, 4) is 0 Å². The minimum Gasteiger partial charge on any atom is -0.382 e. The molecule has 0 saturated heterocycles. The average Bonchev–Trinajstić information content (AvgIpc) is 3.16. The zero-order valence-electron chi connectivity index (χ0n) is 13.4. The Morgan fingerprint density at radius 1 is 1.25 bits per heavy atom. The predicted molar refractivity (Wildman–Crippen MR) is 94.7 cm³/mol. The standard InChI is InChI=1S/C15H16N4.CH4O3S/c1-2-4-11(3-1)18-13-7-8-16-12-6-5-10-9-17-19-15(10)14(12)13;1-5(2,3)4/h5-9,11H,1-4H2,(H,16,18)(H,17,19);1H3,(H,2,3,4). The highest BCUT2D eigenvalue weighted by Crippen LogP contribution is 2.31. The van der Waals surface area contributed by atoms with Crippen LogP contribution in [0.3, 0.4) is 0 Å². The Morgan fingerprint density at radius 2 is 1.96 bits per heavy atom. The Bertz CT molecular complexity index is 938. The Morgan fingerprint density at radius 3 is 2.67 bits per heavy atom. The number of anilines is 1. The van der Waals surface area contributed by atoms with Gasteiger partial charge >= 0.3 is 0 Å². The Labute approximate surface area is 140 Å². The summed E-state index contributed by atoms with van der Waals surface area (Å²) in [5, 5.41) is 13.2. The summed E-state index contributed by atoms with van der Waals surface area (Å²) in [6.07, 6.45) is 9.65. The minimum absolute atomic E-state index is 0.601. The molecular weight excluding hydrogens is 328 g/mol. The number of fused-ring (bicyclic) bond motifs is 3. The van der Waals surface area contributed by atoms with Crippen LogP contribution < -0.4 is 5.32 Å². The smallest absolute Gasteiger partial charge is 0.261 e. The molecule has 4 rings (SSSR count). The number of benzene rings is 1.